The second kappa shape index (κ2) is 7.46. The van der Waals surface area contributed by atoms with Crippen LogP contribution in [-0.4, -0.2) is 64.2 Å². The monoisotopic (exact) mass is 375 g/mol. The summed E-state index contributed by atoms with van der Waals surface area (Å²) < 4.78 is 5.88. The first kappa shape index (κ1) is 17.6. The van der Waals surface area contributed by atoms with Crippen LogP contribution in [0, 0.1) is 0 Å². The van der Waals surface area contributed by atoms with Gasteiger partial charge in [0.25, 0.3) is 5.89 Å². The first-order chi connectivity index (χ1) is 12.6. The minimum Gasteiger partial charge on any atom is -0.418 e. The molecule has 0 unspecified atom stereocenters. The van der Waals surface area contributed by atoms with Crippen LogP contribution >= 0.6 is 11.3 Å². The molecule has 2 aliphatic rings. The molecule has 2 fully saturated rings. The Labute approximate surface area is 157 Å². The lowest BCUT2D eigenvalue weighted by Gasteiger charge is -2.39. The van der Waals surface area contributed by atoms with Crippen LogP contribution in [0.3, 0.4) is 0 Å². The molecule has 2 aromatic rings. The van der Waals surface area contributed by atoms with Gasteiger partial charge in [-0.3, -0.25) is 14.6 Å². The zero-order valence-corrected chi connectivity index (χ0v) is 16.0. The van der Waals surface area contributed by atoms with Crippen LogP contribution in [-0.2, 0) is 4.79 Å². The number of amides is 1. The summed E-state index contributed by atoms with van der Waals surface area (Å²) in [6.07, 6.45) is 2.25. The average Bonchev–Trinajstić information content (AvgIpc) is 3.14. The number of rotatable bonds is 6. The lowest BCUT2D eigenvalue weighted by molar-refractivity contribution is -0.126. The summed E-state index contributed by atoms with van der Waals surface area (Å²) in [6, 6.07) is 4.39. The molecule has 0 radical (unpaired) electrons. The van der Waals surface area contributed by atoms with Crippen molar-refractivity contribution in [2.75, 3.05) is 26.2 Å². The van der Waals surface area contributed by atoms with Gasteiger partial charge in [-0.15, -0.1) is 21.5 Å². The van der Waals surface area contributed by atoms with Gasteiger partial charge < -0.3 is 9.73 Å². The predicted octanol–water partition coefficient (Wildman–Crippen LogP) is 2.14. The molecule has 1 saturated heterocycles. The van der Waals surface area contributed by atoms with Gasteiger partial charge in [0.2, 0.25) is 11.8 Å². The maximum absolute atomic E-state index is 12.2. The summed E-state index contributed by atoms with van der Waals surface area (Å²) in [7, 11) is 0. The zero-order valence-electron chi connectivity index (χ0n) is 15.2. The Bertz CT molecular complexity index is 735. The van der Waals surface area contributed by atoms with Crippen molar-refractivity contribution in [1.82, 2.24) is 25.3 Å². The maximum atomic E-state index is 12.2. The van der Waals surface area contributed by atoms with E-state index in [2.05, 4.69) is 32.2 Å². The standard InChI is InChI=1S/C18H25N5O2S/c1-12(16(24)19-14-5-6-14)22-7-9-23(10-8-22)13(2)17-20-21-18(25-17)15-4-3-11-26-15/h3-4,11-14H,5-10H2,1-2H3,(H,19,24)/t12-,13+/m1/s1. The first-order valence-corrected chi connectivity index (χ1v) is 10.2. The van der Waals surface area contributed by atoms with Crippen LogP contribution in [0.25, 0.3) is 10.8 Å². The van der Waals surface area contributed by atoms with E-state index in [1.165, 1.54) is 0 Å². The Morgan fingerprint density at radius 2 is 1.96 bits per heavy atom. The first-order valence-electron chi connectivity index (χ1n) is 9.27. The van der Waals surface area contributed by atoms with Gasteiger partial charge in [-0.2, -0.15) is 0 Å². The molecule has 7 nitrogen and oxygen atoms in total. The van der Waals surface area contributed by atoms with Crippen LogP contribution in [0.5, 0.6) is 0 Å². The molecule has 26 heavy (non-hydrogen) atoms. The highest BCUT2D eigenvalue weighted by Crippen LogP contribution is 2.27. The molecule has 1 amide bonds. The quantitative estimate of drug-likeness (QED) is 0.834. The van der Waals surface area contributed by atoms with Crippen LogP contribution in [0.4, 0.5) is 0 Å². The highest BCUT2D eigenvalue weighted by molar-refractivity contribution is 7.13. The third-order valence-corrected chi connectivity index (χ3v) is 6.14. The second-order valence-electron chi connectivity index (χ2n) is 7.13. The molecule has 140 valence electrons. The van der Waals surface area contributed by atoms with Crippen molar-refractivity contribution in [3.8, 4) is 10.8 Å². The van der Waals surface area contributed by atoms with Crippen molar-refractivity contribution in [2.24, 2.45) is 0 Å². The van der Waals surface area contributed by atoms with Crippen LogP contribution in [0.15, 0.2) is 21.9 Å². The Morgan fingerprint density at radius 1 is 1.23 bits per heavy atom. The zero-order chi connectivity index (χ0) is 18.1. The average molecular weight is 375 g/mol. The molecule has 0 aromatic carbocycles. The van der Waals surface area contributed by atoms with E-state index in [1.54, 1.807) is 11.3 Å². The summed E-state index contributed by atoms with van der Waals surface area (Å²) in [5, 5.41) is 13.5. The number of hydrogen-bond acceptors (Lipinski definition) is 7. The van der Waals surface area contributed by atoms with Crippen molar-refractivity contribution >= 4 is 17.2 Å². The van der Waals surface area contributed by atoms with Crippen molar-refractivity contribution in [3.63, 3.8) is 0 Å². The lowest BCUT2D eigenvalue weighted by atomic mass is 10.2. The van der Waals surface area contributed by atoms with Crippen LogP contribution in [0.1, 0.15) is 38.6 Å². The van der Waals surface area contributed by atoms with E-state index < -0.39 is 0 Å². The number of nitrogens with one attached hydrogen (secondary N) is 1. The van der Waals surface area contributed by atoms with Gasteiger partial charge in [0.15, 0.2) is 0 Å². The van der Waals surface area contributed by atoms with E-state index in [0.717, 1.165) is 43.9 Å². The molecule has 8 heteroatoms. The number of nitrogens with zero attached hydrogens (tertiary/aromatic N) is 4. The van der Waals surface area contributed by atoms with Crippen LogP contribution < -0.4 is 5.32 Å². The highest BCUT2D eigenvalue weighted by atomic mass is 32.1. The van der Waals surface area contributed by atoms with E-state index in [1.807, 2.05) is 24.4 Å². The lowest BCUT2D eigenvalue weighted by Crippen LogP contribution is -2.54. The molecular weight excluding hydrogens is 350 g/mol. The van der Waals surface area contributed by atoms with Gasteiger partial charge in [0.1, 0.15) is 0 Å². The van der Waals surface area contributed by atoms with E-state index in [4.69, 9.17) is 4.42 Å². The fraction of sp³-hybridized carbons (Fsp3) is 0.611. The molecule has 2 atom stereocenters. The maximum Gasteiger partial charge on any atom is 0.257 e. The van der Waals surface area contributed by atoms with Gasteiger partial charge in [-0.1, -0.05) is 6.07 Å². The smallest absolute Gasteiger partial charge is 0.257 e. The number of carbonyl (C=O) groups excluding carboxylic acids is 1. The predicted molar refractivity (Wildman–Crippen MR) is 99.8 cm³/mol. The molecule has 1 saturated carbocycles. The summed E-state index contributed by atoms with van der Waals surface area (Å²) in [4.78, 5) is 17.8. The Hall–Kier alpha value is -1.77. The van der Waals surface area contributed by atoms with Gasteiger partial charge in [-0.25, -0.2) is 0 Å². The molecule has 1 N–H and O–H groups in total. The van der Waals surface area contributed by atoms with Gasteiger partial charge >= 0.3 is 0 Å². The molecule has 0 spiro atoms. The molecular formula is C18H25N5O2S. The van der Waals surface area contributed by atoms with Gasteiger partial charge in [0.05, 0.1) is 17.0 Å². The van der Waals surface area contributed by atoms with Crippen LogP contribution in [0.2, 0.25) is 0 Å². The minimum absolute atomic E-state index is 0.0677. The van der Waals surface area contributed by atoms with E-state index in [-0.39, 0.29) is 18.0 Å². The van der Waals surface area contributed by atoms with Crippen molar-refractivity contribution in [1.29, 1.82) is 0 Å². The summed E-state index contributed by atoms with van der Waals surface area (Å²) in [5.41, 5.74) is 0. The molecule has 1 aliphatic carbocycles. The fourth-order valence-electron chi connectivity index (χ4n) is 3.29. The highest BCUT2D eigenvalue weighted by Gasteiger charge is 2.32. The minimum atomic E-state index is -0.0677. The number of piperazine rings is 1. The summed E-state index contributed by atoms with van der Waals surface area (Å²) in [6.45, 7) is 7.62. The Balaban J connectivity index is 1.32. The topological polar surface area (TPSA) is 74.5 Å². The number of thiophene rings is 1. The van der Waals surface area contributed by atoms with E-state index >= 15 is 0 Å². The second-order valence-corrected chi connectivity index (χ2v) is 8.08. The molecule has 1 aliphatic heterocycles. The Kier molecular flexibility index (Phi) is 5.06. The van der Waals surface area contributed by atoms with Crippen molar-refractivity contribution in [2.45, 2.75) is 44.8 Å². The van der Waals surface area contributed by atoms with E-state index in [9.17, 15) is 4.79 Å². The fourth-order valence-corrected chi connectivity index (χ4v) is 3.93. The summed E-state index contributed by atoms with van der Waals surface area (Å²) in [5.74, 6) is 1.40. The number of hydrogen-bond donors (Lipinski definition) is 1. The molecule has 4 rings (SSSR count). The van der Waals surface area contributed by atoms with E-state index in [0.29, 0.717) is 17.8 Å². The summed E-state index contributed by atoms with van der Waals surface area (Å²) >= 11 is 1.60. The van der Waals surface area contributed by atoms with Crippen molar-refractivity contribution in [3.05, 3.63) is 23.4 Å². The normalized spacial score (nSPS) is 21.5. The SMILES string of the molecule is C[C@H](C(=O)NC1CC1)N1CCN([C@@H](C)c2nnc(-c3cccs3)o2)CC1. The molecule has 3 heterocycles. The molecule has 0 bridgehead atoms. The number of aromatic nitrogens is 2. The molecule has 2 aromatic heterocycles. The third-order valence-electron chi connectivity index (χ3n) is 5.28. The van der Waals surface area contributed by atoms with Gasteiger partial charge in [0, 0.05) is 32.2 Å². The largest absolute Gasteiger partial charge is 0.418 e. The number of carbonyl (C=O) groups is 1. The van der Waals surface area contributed by atoms with Crippen molar-refractivity contribution < 1.29 is 9.21 Å². The van der Waals surface area contributed by atoms with Gasteiger partial charge in [-0.05, 0) is 38.1 Å². The third kappa shape index (κ3) is 3.82. The Morgan fingerprint density at radius 3 is 2.62 bits per heavy atom.